The topological polar surface area (TPSA) is 231 Å². The van der Waals surface area contributed by atoms with E-state index in [-0.39, 0.29) is 47.1 Å². The normalized spacial score (nSPS) is 10.6. The first-order valence-electron chi connectivity index (χ1n) is 16.8. The third-order valence-electron chi connectivity index (χ3n) is 7.57. The van der Waals surface area contributed by atoms with Crippen LogP contribution in [0.4, 0.5) is 0 Å². The minimum Gasteiger partial charge on any atom is -0.507 e. The molecule has 4 aromatic carbocycles. The number of phenols is 2. The van der Waals surface area contributed by atoms with Crippen LogP contribution in [0.3, 0.4) is 0 Å². The Kier molecular flexibility index (Phi) is 17.9. The summed E-state index contributed by atoms with van der Waals surface area (Å²) in [7, 11) is 0. The summed E-state index contributed by atoms with van der Waals surface area (Å²) >= 11 is 11.7. The van der Waals surface area contributed by atoms with E-state index in [0.717, 1.165) is 21.8 Å². The number of carbonyl (C=O) groups excluding carboxylic acids is 2. The number of aromatic hydroxyl groups is 2. The number of hydrogen-bond acceptors (Lipinski definition) is 10. The lowest BCUT2D eigenvalue weighted by Gasteiger charge is -2.08. The molecule has 0 radical (unpaired) electrons. The van der Waals surface area contributed by atoms with Gasteiger partial charge in [0.2, 0.25) is 11.8 Å². The maximum atomic E-state index is 11.8. The van der Waals surface area contributed by atoms with Gasteiger partial charge in [-0.05, 0) is 73.5 Å². The van der Waals surface area contributed by atoms with Gasteiger partial charge in [0.1, 0.15) is 34.0 Å². The highest BCUT2D eigenvalue weighted by molar-refractivity contribution is 6.31. The highest BCUT2D eigenvalue weighted by atomic mass is 35.5. The van der Waals surface area contributed by atoms with Crippen molar-refractivity contribution in [2.75, 3.05) is 13.2 Å². The molecular weight excluding hydrogens is 763 g/mol. The highest BCUT2D eigenvalue weighted by Crippen LogP contribution is 2.25. The summed E-state index contributed by atoms with van der Waals surface area (Å²) in [5.74, 6) is 0.981. The molecule has 292 valence electrons. The molecule has 8 N–H and O–H groups in total. The number of benzene rings is 4. The maximum absolute atomic E-state index is 11.8. The van der Waals surface area contributed by atoms with E-state index in [2.05, 4.69) is 31.0 Å². The Labute approximate surface area is 332 Å². The number of rotatable bonds is 14. The predicted molar refractivity (Wildman–Crippen MR) is 218 cm³/mol. The highest BCUT2D eigenvalue weighted by Gasteiger charge is 2.07. The van der Waals surface area contributed by atoms with Gasteiger partial charge < -0.3 is 30.6 Å². The number of amides is 2. The second-order valence-electron chi connectivity index (χ2n) is 11.6. The fourth-order valence-corrected chi connectivity index (χ4v) is 5.29. The van der Waals surface area contributed by atoms with Crippen molar-refractivity contribution < 1.29 is 40.2 Å². The van der Waals surface area contributed by atoms with Gasteiger partial charge in [-0.2, -0.15) is 10.2 Å². The summed E-state index contributed by atoms with van der Waals surface area (Å²) in [4.78, 5) is 32.3. The van der Waals surface area contributed by atoms with Crippen LogP contribution in [0.1, 0.15) is 36.8 Å². The molecule has 56 heavy (non-hydrogen) atoms. The first-order chi connectivity index (χ1) is 26.3. The summed E-state index contributed by atoms with van der Waals surface area (Å²) in [5, 5.41) is 30.0. The molecule has 2 heterocycles. The van der Waals surface area contributed by atoms with E-state index in [1.54, 1.807) is 36.7 Å². The SMILES string of the molecule is O.O.O=C(CCCOc1cccc2cccnc12)N/N=C/c1cc(Cl)ccc1O.O=C(CCCOc1cccc2cccnc12)N/N=C/c1cc(Cl)ccc1O. The number of ether oxygens (including phenoxy) is 2. The molecular formula is C40H40Cl2N6O8. The van der Waals surface area contributed by atoms with Crippen molar-refractivity contribution >= 4 is 69.3 Å². The summed E-state index contributed by atoms with van der Waals surface area (Å²) in [5.41, 5.74) is 7.28. The van der Waals surface area contributed by atoms with E-state index in [0.29, 0.717) is 58.7 Å². The fraction of sp³-hybridized carbons (Fsp3) is 0.150. The minimum absolute atomic E-state index is 0. The van der Waals surface area contributed by atoms with Gasteiger partial charge in [0.05, 0.1) is 25.6 Å². The smallest absolute Gasteiger partial charge is 0.240 e. The van der Waals surface area contributed by atoms with Crippen molar-refractivity contribution in [3.63, 3.8) is 0 Å². The Hall–Kier alpha value is -6.32. The molecule has 0 bridgehead atoms. The quantitative estimate of drug-likeness (QED) is 0.0565. The molecule has 0 fully saturated rings. The molecule has 0 unspecified atom stereocenters. The van der Waals surface area contributed by atoms with Crippen molar-refractivity contribution in [3.8, 4) is 23.0 Å². The molecule has 6 aromatic rings. The zero-order valence-corrected chi connectivity index (χ0v) is 31.4. The van der Waals surface area contributed by atoms with Gasteiger partial charge in [-0.1, -0.05) is 59.6 Å². The molecule has 0 aliphatic rings. The molecule has 6 rings (SSSR count). The third kappa shape index (κ3) is 13.5. The molecule has 0 atom stereocenters. The van der Waals surface area contributed by atoms with Crippen molar-refractivity contribution in [2.24, 2.45) is 10.2 Å². The van der Waals surface area contributed by atoms with Gasteiger partial charge in [0.25, 0.3) is 0 Å². The lowest BCUT2D eigenvalue weighted by molar-refractivity contribution is -0.122. The number of halogens is 2. The number of phenolic OH excluding ortho intramolecular Hbond substituents is 2. The summed E-state index contributed by atoms with van der Waals surface area (Å²) < 4.78 is 11.5. The number of nitrogens with one attached hydrogen (secondary N) is 2. The molecule has 2 amide bonds. The molecule has 14 nitrogen and oxygen atoms in total. The summed E-state index contributed by atoms with van der Waals surface area (Å²) in [6, 6.07) is 28.3. The van der Waals surface area contributed by atoms with Crippen molar-refractivity contribution in [3.05, 3.63) is 131 Å². The average Bonchev–Trinajstić information content (AvgIpc) is 3.18. The average molecular weight is 804 g/mol. The monoisotopic (exact) mass is 802 g/mol. The number of hydrazone groups is 2. The van der Waals surface area contributed by atoms with Gasteiger partial charge in [0.15, 0.2) is 0 Å². The first kappa shape index (κ1) is 44.1. The van der Waals surface area contributed by atoms with Gasteiger partial charge in [-0.15, -0.1) is 0 Å². The zero-order valence-electron chi connectivity index (χ0n) is 29.9. The molecule has 2 aromatic heterocycles. The lowest BCUT2D eigenvalue weighted by Crippen LogP contribution is -2.18. The number of aromatic nitrogens is 2. The van der Waals surface area contributed by atoms with Crippen LogP contribution in [0.5, 0.6) is 23.0 Å². The van der Waals surface area contributed by atoms with Gasteiger partial charge >= 0.3 is 0 Å². The van der Waals surface area contributed by atoms with Crippen molar-refractivity contribution in [1.82, 2.24) is 20.8 Å². The Balaban J connectivity index is 0.000000290. The van der Waals surface area contributed by atoms with Gasteiger partial charge in [0, 0.05) is 57.2 Å². The standard InChI is InChI=1S/2C20H18ClN3O3.2H2O/c2*21-16-8-9-17(25)15(12-16)13-23-24-19(26)7-3-11-27-18-6-1-4-14-5-2-10-22-20(14)18;;/h2*1-2,4-6,8-10,12-13,25H,3,7,11H2,(H,24,26);2*1H2/b2*23-13+;;. The number of para-hydroxylation sites is 2. The van der Waals surface area contributed by atoms with Crippen LogP contribution in [0, 0.1) is 0 Å². The van der Waals surface area contributed by atoms with E-state index in [1.165, 1.54) is 24.6 Å². The number of fused-ring (bicyclic) bond motifs is 2. The molecule has 16 heteroatoms. The summed E-state index contributed by atoms with van der Waals surface area (Å²) in [6.45, 7) is 0.782. The van der Waals surface area contributed by atoms with E-state index in [1.807, 2.05) is 60.7 Å². The molecule has 0 aliphatic heterocycles. The van der Waals surface area contributed by atoms with Crippen molar-refractivity contribution in [2.45, 2.75) is 25.7 Å². The van der Waals surface area contributed by atoms with E-state index in [9.17, 15) is 19.8 Å². The summed E-state index contributed by atoms with van der Waals surface area (Å²) in [6.07, 6.45) is 7.72. The number of pyridine rings is 2. The predicted octanol–water partition coefficient (Wildman–Crippen LogP) is 6.16. The van der Waals surface area contributed by atoms with Crippen molar-refractivity contribution in [1.29, 1.82) is 0 Å². The minimum atomic E-state index is -0.243. The van der Waals surface area contributed by atoms with Gasteiger partial charge in [-0.3, -0.25) is 19.6 Å². The second kappa shape index (κ2) is 22.8. The van der Waals surface area contributed by atoms with E-state index in [4.69, 9.17) is 32.7 Å². The van der Waals surface area contributed by atoms with Crippen LogP contribution < -0.4 is 20.3 Å². The van der Waals surface area contributed by atoms with E-state index < -0.39 is 0 Å². The van der Waals surface area contributed by atoms with Crippen LogP contribution in [0.2, 0.25) is 10.0 Å². The first-order valence-corrected chi connectivity index (χ1v) is 17.6. The molecule has 0 saturated heterocycles. The molecule has 0 spiro atoms. The number of carbonyl (C=O) groups is 2. The second-order valence-corrected chi connectivity index (χ2v) is 12.4. The fourth-order valence-electron chi connectivity index (χ4n) is 4.93. The largest absolute Gasteiger partial charge is 0.507 e. The van der Waals surface area contributed by atoms with Crippen LogP contribution in [0.15, 0.2) is 120 Å². The van der Waals surface area contributed by atoms with Crippen LogP contribution in [0.25, 0.3) is 21.8 Å². The molecule has 0 aliphatic carbocycles. The van der Waals surface area contributed by atoms with Crippen LogP contribution in [-0.2, 0) is 9.59 Å². The Morgan fingerprint density at radius 1 is 0.625 bits per heavy atom. The Morgan fingerprint density at radius 2 is 1.04 bits per heavy atom. The van der Waals surface area contributed by atoms with Crippen LogP contribution in [-0.4, -0.2) is 68.6 Å². The zero-order chi connectivity index (χ0) is 38.1. The third-order valence-corrected chi connectivity index (χ3v) is 8.04. The van der Waals surface area contributed by atoms with E-state index >= 15 is 0 Å². The molecule has 0 saturated carbocycles. The van der Waals surface area contributed by atoms with Crippen LogP contribution >= 0.6 is 23.2 Å². The number of nitrogens with zero attached hydrogens (tertiary/aromatic N) is 4. The Morgan fingerprint density at radius 3 is 1.46 bits per heavy atom. The number of hydrogen-bond donors (Lipinski definition) is 4. The lowest BCUT2D eigenvalue weighted by atomic mass is 10.2. The Bertz CT molecular complexity index is 2110. The maximum Gasteiger partial charge on any atom is 0.240 e. The van der Waals surface area contributed by atoms with Gasteiger partial charge in [-0.25, -0.2) is 10.9 Å².